The third kappa shape index (κ3) is 58.8. The number of allylic oxidation sites excluding steroid dienone is 2. The lowest BCUT2D eigenvalue weighted by Crippen LogP contribution is -2.50. The molecular formula is C69H137NO4. The number of nitrogens with one attached hydrogen (secondary N) is 1. The van der Waals surface area contributed by atoms with Crippen molar-refractivity contribution >= 4 is 5.91 Å². The minimum Gasteiger partial charge on any atom is -0.394 e. The molecule has 0 aromatic carbocycles. The number of amides is 1. The number of aliphatic hydroxyl groups is 3. The van der Waals surface area contributed by atoms with Gasteiger partial charge >= 0.3 is 0 Å². The molecule has 0 rings (SSSR count). The molecule has 0 aliphatic rings. The predicted octanol–water partition coefficient (Wildman–Crippen LogP) is 22.2. The molecule has 5 heteroatoms. The first kappa shape index (κ1) is 73.1. The van der Waals surface area contributed by atoms with E-state index < -0.39 is 18.2 Å². The average molecular weight is 1040 g/mol. The second-order valence-corrected chi connectivity index (χ2v) is 24.1. The average Bonchev–Trinajstić information content (AvgIpc) is 3.41. The number of aliphatic hydroxyl groups excluding tert-OH is 3. The molecule has 442 valence electrons. The van der Waals surface area contributed by atoms with Gasteiger partial charge in [0.1, 0.15) is 6.10 Å². The van der Waals surface area contributed by atoms with Crippen LogP contribution in [0.2, 0.25) is 0 Å². The first-order chi connectivity index (χ1) is 36.6. The van der Waals surface area contributed by atoms with Crippen molar-refractivity contribution in [3.8, 4) is 0 Å². The van der Waals surface area contributed by atoms with Crippen molar-refractivity contribution in [3.05, 3.63) is 12.2 Å². The number of unbranched alkanes of at least 4 members (excludes halogenated alkanes) is 55. The standard InChI is InChI=1S/C69H137NO4/c1-3-5-7-9-11-13-15-17-19-21-23-25-26-27-28-29-30-31-32-33-34-35-36-37-38-39-40-41-42-44-46-48-50-52-54-56-58-60-62-64-68(73)70-66(65-71)69(74)67(72)63-61-59-57-55-53-51-49-47-45-43-24-22-20-18-16-14-12-10-8-6-4-2/h55,57,66-67,69,71-72,74H,3-54,56,58-65H2,1-2H3,(H,70,73)/b57-55+. The minimum atomic E-state index is -1.16. The summed E-state index contributed by atoms with van der Waals surface area (Å²) in [6.45, 7) is 4.22. The van der Waals surface area contributed by atoms with E-state index in [0.29, 0.717) is 12.8 Å². The lowest BCUT2D eigenvalue weighted by atomic mass is 10.0. The van der Waals surface area contributed by atoms with Crippen LogP contribution >= 0.6 is 0 Å². The molecule has 0 aliphatic heterocycles. The number of rotatable bonds is 65. The molecule has 0 radical (unpaired) electrons. The Hall–Kier alpha value is -0.910. The van der Waals surface area contributed by atoms with Gasteiger partial charge in [0.15, 0.2) is 0 Å². The third-order valence-corrected chi connectivity index (χ3v) is 16.6. The highest BCUT2D eigenvalue weighted by Gasteiger charge is 2.26. The summed E-state index contributed by atoms with van der Waals surface area (Å²) in [5.74, 6) is -0.145. The van der Waals surface area contributed by atoms with Crippen LogP contribution in [-0.4, -0.2) is 46.1 Å². The van der Waals surface area contributed by atoms with Crippen molar-refractivity contribution < 1.29 is 20.1 Å². The van der Waals surface area contributed by atoms with Crippen LogP contribution in [0.1, 0.15) is 399 Å². The number of hydrogen-bond donors (Lipinski definition) is 4. The maximum atomic E-state index is 12.6. The van der Waals surface area contributed by atoms with Gasteiger partial charge in [0, 0.05) is 6.42 Å². The van der Waals surface area contributed by atoms with E-state index in [1.165, 1.54) is 334 Å². The van der Waals surface area contributed by atoms with Crippen LogP contribution in [0.25, 0.3) is 0 Å². The molecule has 0 aromatic rings. The van der Waals surface area contributed by atoms with Gasteiger partial charge in [-0.15, -0.1) is 0 Å². The molecule has 0 heterocycles. The predicted molar refractivity (Wildman–Crippen MR) is 329 cm³/mol. The topological polar surface area (TPSA) is 89.8 Å². The van der Waals surface area contributed by atoms with Crippen molar-refractivity contribution in [3.63, 3.8) is 0 Å². The second kappa shape index (κ2) is 64.6. The molecule has 0 spiro atoms. The van der Waals surface area contributed by atoms with Gasteiger partial charge in [-0.3, -0.25) is 4.79 Å². The van der Waals surface area contributed by atoms with Gasteiger partial charge < -0.3 is 20.6 Å². The fourth-order valence-corrected chi connectivity index (χ4v) is 11.3. The Morgan fingerprint density at radius 3 is 0.784 bits per heavy atom. The van der Waals surface area contributed by atoms with Gasteiger partial charge in [0.25, 0.3) is 0 Å². The maximum absolute atomic E-state index is 12.6. The zero-order valence-corrected chi connectivity index (χ0v) is 50.8. The Morgan fingerprint density at radius 1 is 0.324 bits per heavy atom. The largest absolute Gasteiger partial charge is 0.394 e. The number of carbonyl (C=O) groups is 1. The molecule has 3 atom stereocenters. The first-order valence-corrected chi connectivity index (χ1v) is 34.5. The molecule has 3 unspecified atom stereocenters. The van der Waals surface area contributed by atoms with Gasteiger partial charge in [0.05, 0.1) is 18.8 Å². The lowest BCUT2D eigenvalue weighted by molar-refractivity contribution is -0.124. The highest BCUT2D eigenvalue weighted by Crippen LogP contribution is 2.20. The molecule has 74 heavy (non-hydrogen) atoms. The lowest BCUT2D eigenvalue weighted by Gasteiger charge is -2.26. The normalized spacial score (nSPS) is 13.1. The molecule has 4 N–H and O–H groups in total. The fraction of sp³-hybridized carbons (Fsp3) is 0.957. The van der Waals surface area contributed by atoms with E-state index in [0.717, 1.165) is 38.5 Å². The Labute approximate surface area is 465 Å². The molecule has 0 fully saturated rings. The van der Waals surface area contributed by atoms with Gasteiger partial charge in [-0.1, -0.05) is 366 Å². The third-order valence-electron chi connectivity index (χ3n) is 16.6. The molecule has 1 amide bonds. The SMILES string of the molecule is CCCCCCCCCCCCCCCCCC/C=C/CCCC(O)C(O)C(CO)NC(=O)CCCCCCCCCCCCCCCCCCCCCCCCCCCCCCCCCCCCCCCCC. The van der Waals surface area contributed by atoms with Crippen molar-refractivity contribution in [1.82, 2.24) is 5.32 Å². The van der Waals surface area contributed by atoms with Crippen LogP contribution in [-0.2, 0) is 4.79 Å². The van der Waals surface area contributed by atoms with Crippen LogP contribution in [0.5, 0.6) is 0 Å². The maximum Gasteiger partial charge on any atom is 0.220 e. The highest BCUT2D eigenvalue weighted by atomic mass is 16.3. The van der Waals surface area contributed by atoms with E-state index in [9.17, 15) is 20.1 Å². The Kier molecular flexibility index (Phi) is 63.8. The monoisotopic (exact) mass is 1040 g/mol. The van der Waals surface area contributed by atoms with E-state index in [1.807, 2.05) is 0 Å². The Balaban J connectivity index is 3.42. The summed E-state index contributed by atoms with van der Waals surface area (Å²) in [7, 11) is 0. The summed E-state index contributed by atoms with van der Waals surface area (Å²) >= 11 is 0. The van der Waals surface area contributed by atoms with Gasteiger partial charge in [-0.25, -0.2) is 0 Å². The summed E-state index contributed by atoms with van der Waals surface area (Å²) in [5, 5.41) is 33.9. The molecule has 0 bridgehead atoms. The summed E-state index contributed by atoms with van der Waals surface area (Å²) in [6.07, 6.45) is 83.0. The van der Waals surface area contributed by atoms with Crippen LogP contribution in [0.4, 0.5) is 0 Å². The van der Waals surface area contributed by atoms with Crippen molar-refractivity contribution in [2.24, 2.45) is 0 Å². The molecule has 0 aliphatic carbocycles. The smallest absolute Gasteiger partial charge is 0.220 e. The molecule has 0 saturated carbocycles. The van der Waals surface area contributed by atoms with Crippen LogP contribution < -0.4 is 5.32 Å². The van der Waals surface area contributed by atoms with E-state index in [2.05, 4.69) is 31.3 Å². The van der Waals surface area contributed by atoms with E-state index in [-0.39, 0.29) is 12.5 Å². The van der Waals surface area contributed by atoms with E-state index in [1.54, 1.807) is 0 Å². The summed E-state index contributed by atoms with van der Waals surface area (Å²) in [6, 6.07) is -0.823. The van der Waals surface area contributed by atoms with E-state index >= 15 is 0 Å². The second-order valence-electron chi connectivity index (χ2n) is 24.1. The number of hydrogen-bond acceptors (Lipinski definition) is 4. The van der Waals surface area contributed by atoms with Crippen LogP contribution in [0.15, 0.2) is 12.2 Å². The van der Waals surface area contributed by atoms with Gasteiger partial charge in [-0.05, 0) is 38.5 Å². The van der Waals surface area contributed by atoms with E-state index in [4.69, 9.17) is 0 Å². The van der Waals surface area contributed by atoms with Crippen molar-refractivity contribution in [1.29, 1.82) is 0 Å². The van der Waals surface area contributed by atoms with Crippen molar-refractivity contribution in [2.45, 2.75) is 417 Å². The Morgan fingerprint density at radius 2 is 0.541 bits per heavy atom. The fourth-order valence-electron chi connectivity index (χ4n) is 11.3. The zero-order chi connectivity index (χ0) is 53.6. The minimum absolute atomic E-state index is 0.145. The Bertz CT molecular complexity index is 1060. The molecular weight excluding hydrogens is 907 g/mol. The molecule has 0 saturated heterocycles. The highest BCUT2D eigenvalue weighted by molar-refractivity contribution is 5.76. The van der Waals surface area contributed by atoms with Crippen molar-refractivity contribution in [2.75, 3.05) is 6.61 Å². The van der Waals surface area contributed by atoms with Crippen LogP contribution in [0.3, 0.4) is 0 Å². The van der Waals surface area contributed by atoms with Gasteiger partial charge in [0.2, 0.25) is 5.91 Å². The quantitative estimate of drug-likeness (QED) is 0.0361. The zero-order valence-electron chi connectivity index (χ0n) is 50.8. The van der Waals surface area contributed by atoms with Gasteiger partial charge in [-0.2, -0.15) is 0 Å². The summed E-state index contributed by atoms with van der Waals surface area (Å²) in [4.78, 5) is 12.6. The summed E-state index contributed by atoms with van der Waals surface area (Å²) < 4.78 is 0. The molecule has 5 nitrogen and oxygen atoms in total. The molecule has 0 aromatic heterocycles. The first-order valence-electron chi connectivity index (χ1n) is 34.5. The summed E-state index contributed by atoms with van der Waals surface area (Å²) in [5.41, 5.74) is 0. The number of carbonyl (C=O) groups excluding carboxylic acids is 1. The van der Waals surface area contributed by atoms with Crippen LogP contribution in [0, 0.1) is 0 Å².